The summed E-state index contributed by atoms with van der Waals surface area (Å²) in [5.41, 5.74) is -0.724. The minimum atomic E-state index is -4.44. The molecule has 1 aromatic rings. The van der Waals surface area contributed by atoms with Gasteiger partial charge in [0.25, 0.3) is 11.9 Å². The highest BCUT2D eigenvalue weighted by Gasteiger charge is 2.30. The first-order valence-corrected chi connectivity index (χ1v) is 8.12. The van der Waals surface area contributed by atoms with Gasteiger partial charge in [-0.25, -0.2) is 4.99 Å². The molecule has 0 aliphatic carbocycles. The summed E-state index contributed by atoms with van der Waals surface area (Å²) in [5, 5.41) is 2.48. The van der Waals surface area contributed by atoms with Crippen molar-refractivity contribution >= 4 is 11.9 Å². The van der Waals surface area contributed by atoms with Crippen molar-refractivity contribution in [3.05, 3.63) is 35.4 Å². The van der Waals surface area contributed by atoms with E-state index in [-0.39, 0.29) is 18.2 Å². The molecule has 0 heterocycles. The van der Waals surface area contributed by atoms with E-state index in [9.17, 15) is 18.0 Å². The molecule has 0 atom stereocenters. The maximum Gasteiger partial charge on any atom is 0.416 e. The number of benzene rings is 1. The number of halogens is 3. The molecule has 0 aliphatic rings. The van der Waals surface area contributed by atoms with Crippen LogP contribution in [-0.2, 0) is 15.7 Å². The second-order valence-electron chi connectivity index (χ2n) is 5.12. The van der Waals surface area contributed by atoms with Gasteiger partial charge >= 0.3 is 6.18 Å². The highest BCUT2D eigenvalue weighted by Crippen LogP contribution is 2.29. The first-order chi connectivity index (χ1) is 11.9. The van der Waals surface area contributed by atoms with Crippen LogP contribution in [0.15, 0.2) is 29.3 Å². The summed E-state index contributed by atoms with van der Waals surface area (Å²) in [6, 6.07) is 3.99. The van der Waals surface area contributed by atoms with Gasteiger partial charge < -0.3 is 9.47 Å². The summed E-state index contributed by atoms with van der Waals surface area (Å²) in [7, 11) is 0. The van der Waals surface area contributed by atoms with E-state index < -0.39 is 17.6 Å². The van der Waals surface area contributed by atoms with Crippen LogP contribution >= 0.6 is 0 Å². The zero-order chi connectivity index (χ0) is 18.7. The van der Waals surface area contributed by atoms with Crippen LogP contribution < -0.4 is 5.32 Å². The molecule has 25 heavy (non-hydrogen) atoms. The van der Waals surface area contributed by atoms with E-state index >= 15 is 0 Å². The van der Waals surface area contributed by atoms with Gasteiger partial charge in [-0.2, -0.15) is 13.2 Å². The second-order valence-corrected chi connectivity index (χ2v) is 5.12. The number of unbranched alkanes of at least 4 members (excludes halogenated alkanes) is 1. The molecular weight excluding hydrogens is 337 g/mol. The van der Waals surface area contributed by atoms with Crippen LogP contribution in [-0.4, -0.2) is 38.3 Å². The van der Waals surface area contributed by atoms with Gasteiger partial charge in [-0.3, -0.25) is 10.1 Å². The Morgan fingerprint density at radius 1 is 1.16 bits per heavy atom. The van der Waals surface area contributed by atoms with Gasteiger partial charge in [0, 0.05) is 18.7 Å². The Labute approximate surface area is 145 Å². The summed E-state index contributed by atoms with van der Waals surface area (Å²) in [6.07, 6.45) is -2.68. The highest BCUT2D eigenvalue weighted by atomic mass is 19.4. The lowest BCUT2D eigenvalue weighted by Gasteiger charge is -2.11. The Hall–Kier alpha value is -2.09. The lowest BCUT2D eigenvalue weighted by Crippen LogP contribution is -2.33. The number of amidine groups is 1. The summed E-state index contributed by atoms with van der Waals surface area (Å²) < 4.78 is 48.2. The smallest absolute Gasteiger partial charge is 0.416 e. The lowest BCUT2D eigenvalue weighted by molar-refractivity contribution is -0.137. The number of nitrogens with zero attached hydrogens (tertiary/aromatic N) is 1. The van der Waals surface area contributed by atoms with Crippen molar-refractivity contribution in [3.63, 3.8) is 0 Å². The summed E-state index contributed by atoms with van der Waals surface area (Å²) >= 11 is 0. The van der Waals surface area contributed by atoms with Gasteiger partial charge in [0.1, 0.15) is 6.61 Å². The summed E-state index contributed by atoms with van der Waals surface area (Å²) in [4.78, 5) is 16.3. The molecule has 0 fully saturated rings. The van der Waals surface area contributed by atoms with E-state index in [1.807, 2.05) is 13.8 Å². The van der Waals surface area contributed by atoms with Crippen LogP contribution in [0, 0.1) is 0 Å². The minimum Gasteiger partial charge on any atom is -0.463 e. The standard InChI is InChI=1S/C17H23F3N2O3/c1-3-5-10-21-16(25-12-11-24-4-2)22-15(23)13-6-8-14(9-7-13)17(18,19)20/h6-9H,3-5,10-12H2,1-2H3,(H,21,22,23). The first-order valence-electron chi connectivity index (χ1n) is 8.12. The van der Waals surface area contributed by atoms with Gasteiger partial charge in [-0.15, -0.1) is 0 Å². The number of hydrogen-bond donors (Lipinski definition) is 1. The average molecular weight is 360 g/mol. The molecule has 0 spiro atoms. The number of rotatable bonds is 8. The molecule has 1 rings (SSSR count). The van der Waals surface area contributed by atoms with Crippen LogP contribution in [0.3, 0.4) is 0 Å². The number of amides is 1. The number of carbonyl (C=O) groups excluding carboxylic acids is 1. The van der Waals surface area contributed by atoms with E-state index in [4.69, 9.17) is 9.47 Å². The number of nitrogens with one attached hydrogen (secondary N) is 1. The maximum absolute atomic E-state index is 12.6. The van der Waals surface area contributed by atoms with Gasteiger partial charge in [-0.1, -0.05) is 13.3 Å². The SMILES string of the molecule is CCCCN=C(NC(=O)c1ccc(C(F)(F)F)cc1)OCCOCC. The third kappa shape index (κ3) is 8.02. The van der Waals surface area contributed by atoms with E-state index in [0.717, 1.165) is 37.1 Å². The molecule has 8 heteroatoms. The average Bonchev–Trinajstić information content (AvgIpc) is 2.58. The van der Waals surface area contributed by atoms with Crippen LogP contribution in [0.2, 0.25) is 0 Å². The quantitative estimate of drug-likeness (QED) is 0.437. The largest absolute Gasteiger partial charge is 0.463 e. The van der Waals surface area contributed by atoms with Crippen molar-refractivity contribution in [2.75, 3.05) is 26.4 Å². The zero-order valence-corrected chi connectivity index (χ0v) is 14.4. The highest BCUT2D eigenvalue weighted by molar-refractivity contribution is 6.04. The van der Waals surface area contributed by atoms with Crippen molar-refractivity contribution in [1.82, 2.24) is 5.32 Å². The number of carbonyl (C=O) groups is 1. The predicted molar refractivity (Wildman–Crippen MR) is 88.6 cm³/mol. The van der Waals surface area contributed by atoms with Gasteiger partial charge in [0.05, 0.1) is 12.2 Å². The van der Waals surface area contributed by atoms with Crippen molar-refractivity contribution in [1.29, 1.82) is 0 Å². The van der Waals surface area contributed by atoms with Gasteiger partial charge in [-0.05, 0) is 37.6 Å². The second kappa shape index (κ2) is 10.7. The normalized spacial score (nSPS) is 12.1. The molecule has 1 amide bonds. The lowest BCUT2D eigenvalue weighted by atomic mass is 10.1. The number of ether oxygens (including phenoxy) is 2. The fourth-order valence-corrected chi connectivity index (χ4v) is 1.78. The third-order valence-electron chi connectivity index (χ3n) is 3.13. The van der Waals surface area contributed by atoms with E-state index in [1.165, 1.54) is 0 Å². The van der Waals surface area contributed by atoms with Crippen LogP contribution in [0.1, 0.15) is 42.6 Å². The Morgan fingerprint density at radius 3 is 2.40 bits per heavy atom. The fourth-order valence-electron chi connectivity index (χ4n) is 1.78. The molecule has 0 bridgehead atoms. The van der Waals surface area contributed by atoms with Crippen molar-refractivity contribution < 1.29 is 27.4 Å². The topological polar surface area (TPSA) is 59.9 Å². The molecule has 140 valence electrons. The molecule has 0 saturated carbocycles. The third-order valence-corrected chi connectivity index (χ3v) is 3.13. The molecule has 0 radical (unpaired) electrons. The van der Waals surface area contributed by atoms with Crippen LogP contribution in [0.4, 0.5) is 13.2 Å². The molecule has 5 nitrogen and oxygen atoms in total. The predicted octanol–water partition coefficient (Wildman–Crippen LogP) is 3.64. The molecular formula is C17H23F3N2O3. The molecule has 0 unspecified atom stereocenters. The minimum absolute atomic E-state index is 0.0399. The zero-order valence-electron chi connectivity index (χ0n) is 14.4. The monoisotopic (exact) mass is 360 g/mol. The van der Waals surface area contributed by atoms with Crippen LogP contribution in [0.5, 0.6) is 0 Å². The molecule has 0 aromatic heterocycles. The Bertz CT molecular complexity index is 557. The van der Waals surface area contributed by atoms with Crippen molar-refractivity contribution in [3.8, 4) is 0 Å². The summed E-state index contributed by atoms with van der Waals surface area (Å²) in [5.74, 6) is -0.583. The molecule has 1 N–H and O–H groups in total. The van der Waals surface area contributed by atoms with Crippen molar-refractivity contribution in [2.24, 2.45) is 4.99 Å². The first kappa shape index (κ1) is 21.0. The Balaban J connectivity index is 2.70. The van der Waals surface area contributed by atoms with E-state index in [2.05, 4.69) is 10.3 Å². The van der Waals surface area contributed by atoms with Gasteiger partial charge in [0.15, 0.2) is 0 Å². The molecule has 1 aromatic carbocycles. The number of aliphatic imine (C=N–C) groups is 1. The Morgan fingerprint density at radius 2 is 1.84 bits per heavy atom. The van der Waals surface area contributed by atoms with E-state index in [0.29, 0.717) is 19.8 Å². The maximum atomic E-state index is 12.6. The van der Waals surface area contributed by atoms with Crippen molar-refractivity contribution in [2.45, 2.75) is 32.9 Å². The van der Waals surface area contributed by atoms with Crippen LogP contribution in [0.25, 0.3) is 0 Å². The summed E-state index contributed by atoms with van der Waals surface area (Å²) in [6.45, 7) is 5.44. The molecule has 0 saturated heterocycles. The fraction of sp³-hybridized carbons (Fsp3) is 0.529. The number of alkyl halides is 3. The van der Waals surface area contributed by atoms with Gasteiger partial charge in [0.2, 0.25) is 0 Å². The van der Waals surface area contributed by atoms with E-state index in [1.54, 1.807) is 0 Å². The number of hydrogen-bond acceptors (Lipinski definition) is 4. The Kier molecular flexibility index (Phi) is 8.98. The molecule has 0 aliphatic heterocycles.